The van der Waals surface area contributed by atoms with Crippen molar-refractivity contribution in [2.75, 3.05) is 25.4 Å². The zero-order valence-electron chi connectivity index (χ0n) is 33.0. The molecule has 352 valence electrons. The Labute approximate surface area is 360 Å². The average molecular weight is 924 g/mol. The van der Waals surface area contributed by atoms with Gasteiger partial charge in [-0.3, -0.25) is 67.1 Å². The standard InChI is InChI=1S/C32H49N11O19S/c33-12(11-63)26(56)36-8-21(47)38-16(6-23(50)51)30(60)41-15(5-20(35)46)29(59)43-18(10-44)32(62)42-17(7-24(52)53)31(61)40-14(2-4-22(48)49)28(58)39-13(1-3-19(34)45)27(57)37-9-25(54)55/h12-18,44,63H,1-11,33H2,(H2,34,45)(H2,35,46)(H,36,56)(H,37,57)(H,38,47)(H,39,58)(H,40,61)(H,41,60)(H,42,62)(H,43,59)(H,48,49)(H,50,51)(H,52,53)(H,54,55)/t12-,13-,14-,15-,16-,17-,18-/m0/s1. The van der Waals surface area contributed by atoms with E-state index in [0.717, 1.165) is 0 Å². The molecule has 0 aliphatic carbocycles. The highest BCUT2D eigenvalue weighted by atomic mass is 32.1. The molecule has 0 saturated heterocycles. The number of nitrogens with one attached hydrogen (secondary N) is 8. The number of aliphatic hydroxyl groups is 1. The van der Waals surface area contributed by atoms with Gasteiger partial charge in [-0.25, -0.2) is 0 Å². The summed E-state index contributed by atoms with van der Waals surface area (Å²) in [5.41, 5.74) is 15.7. The maximum Gasteiger partial charge on any atom is 0.322 e. The first-order valence-corrected chi connectivity index (χ1v) is 18.7. The molecule has 0 saturated carbocycles. The first-order valence-electron chi connectivity index (χ1n) is 18.1. The largest absolute Gasteiger partial charge is 0.481 e. The summed E-state index contributed by atoms with van der Waals surface area (Å²) in [5, 5.41) is 62.6. The molecule has 0 heterocycles. The molecule has 0 fully saturated rings. The van der Waals surface area contributed by atoms with Crippen LogP contribution in [-0.4, -0.2) is 176 Å². The van der Waals surface area contributed by atoms with Crippen LogP contribution in [0.15, 0.2) is 0 Å². The van der Waals surface area contributed by atoms with Crippen LogP contribution in [0.4, 0.5) is 0 Å². The van der Waals surface area contributed by atoms with Gasteiger partial charge >= 0.3 is 23.9 Å². The molecule has 0 unspecified atom stereocenters. The first-order chi connectivity index (χ1) is 29.3. The number of carbonyl (C=O) groups excluding carboxylic acids is 10. The molecule has 0 aromatic rings. The van der Waals surface area contributed by atoms with Crippen molar-refractivity contribution in [2.24, 2.45) is 17.2 Å². The molecular weight excluding hydrogens is 874 g/mol. The lowest BCUT2D eigenvalue weighted by Gasteiger charge is -2.26. The fourth-order valence-corrected chi connectivity index (χ4v) is 4.90. The number of hydrogen-bond donors (Lipinski definition) is 17. The van der Waals surface area contributed by atoms with Crippen LogP contribution in [0.5, 0.6) is 0 Å². The molecule has 0 rings (SSSR count). The second-order valence-corrected chi connectivity index (χ2v) is 13.4. The Kier molecular flexibility index (Phi) is 25.2. The van der Waals surface area contributed by atoms with E-state index in [1.54, 1.807) is 0 Å². The third-order valence-electron chi connectivity index (χ3n) is 7.86. The van der Waals surface area contributed by atoms with Crippen LogP contribution in [0.25, 0.3) is 0 Å². The number of carboxylic acids is 4. The number of amides is 10. The zero-order chi connectivity index (χ0) is 48.6. The van der Waals surface area contributed by atoms with Gasteiger partial charge in [0.15, 0.2) is 0 Å². The molecule has 31 heteroatoms. The fraction of sp³-hybridized carbons (Fsp3) is 0.562. The van der Waals surface area contributed by atoms with Crippen LogP contribution >= 0.6 is 12.6 Å². The van der Waals surface area contributed by atoms with Gasteiger partial charge in [0.1, 0.15) is 42.8 Å². The normalized spacial score (nSPS) is 13.9. The van der Waals surface area contributed by atoms with Crippen molar-refractivity contribution in [3.05, 3.63) is 0 Å². The smallest absolute Gasteiger partial charge is 0.322 e. The van der Waals surface area contributed by atoms with Crippen LogP contribution in [0.1, 0.15) is 44.9 Å². The number of primary amides is 2. The van der Waals surface area contributed by atoms with Crippen molar-refractivity contribution in [2.45, 2.75) is 87.2 Å². The van der Waals surface area contributed by atoms with Crippen LogP contribution in [0.2, 0.25) is 0 Å². The Morgan fingerprint density at radius 2 is 0.841 bits per heavy atom. The number of carbonyl (C=O) groups is 14. The molecule has 19 N–H and O–H groups in total. The van der Waals surface area contributed by atoms with E-state index in [-0.39, 0.29) is 5.75 Å². The van der Waals surface area contributed by atoms with Gasteiger partial charge in [0.2, 0.25) is 59.1 Å². The van der Waals surface area contributed by atoms with Gasteiger partial charge in [-0.1, -0.05) is 0 Å². The predicted octanol–water partition coefficient (Wildman–Crippen LogP) is -9.58. The van der Waals surface area contributed by atoms with Crippen LogP contribution in [0.3, 0.4) is 0 Å². The van der Waals surface area contributed by atoms with E-state index in [2.05, 4.69) is 23.3 Å². The average Bonchev–Trinajstić information content (AvgIpc) is 3.18. The van der Waals surface area contributed by atoms with Gasteiger partial charge in [-0.05, 0) is 12.8 Å². The highest BCUT2D eigenvalue weighted by Crippen LogP contribution is 2.06. The SMILES string of the molecule is NC(=O)CC[C@H](NC(=O)[C@H](CCC(=O)O)NC(=O)[C@H](CC(=O)O)NC(=O)[C@H](CO)NC(=O)[C@H](CC(N)=O)NC(=O)[C@H](CC(=O)O)NC(=O)CNC(=O)[C@@H](N)CS)C(=O)NCC(=O)O. The summed E-state index contributed by atoms with van der Waals surface area (Å²) in [6, 6.07) is -13.0. The number of rotatable bonds is 31. The second kappa shape index (κ2) is 28.4. The van der Waals surface area contributed by atoms with Crippen LogP contribution < -0.4 is 59.7 Å². The van der Waals surface area contributed by atoms with E-state index < -0.39 is 190 Å². The summed E-state index contributed by atoms with van der Waals surface area (Å²) in [7, 11) is 0. The highest BCUT2D eigenvalue weighted by Gasteiger charge is 2.35. The molecule has 10 amide bonds. The van der Waals surface area contributed by atoms with E-state index >= 15 is 0 Å². The van der Waals surface area contributed by atoms with E-state index in [0.29, 0.717) is 0 Å². The number of aliphatic hydroxyl groups excluding tert-OH is 1. The quantitative estimate of drug-likeness (QED) is 0.0287. The van der Waals surface area contributed by atoms with Gasteiger partial charge in [0, 0.05) is 18.6 Å². The van der Waals surface area contributed by atoms with Crippen LogP contribution in [-0.2, 0) is 67.1 Å². The minimum Gasteiger partial charge on any atom is -0.481 e. The third-order valence-corrected chi connectivity index (χ3v) is 8.25. The summed E-state index contributed by atoms with van der Waals surface area (Å²) >= 11 is 3.82. The van der Waals surface area contributed by atoms with E-state index in [9.17, 15) is 87.5 Å². The number of thiol groups is 1. The molecule has 0 spiro atoms. The molecule has 0 bridgehead atoms. The van der Waals surface area contributed by atoms with Crippen molar-refractivity contribution in [3.8, 4) is 0 Å². The summed E-state index contributed by atoms with van der Waals surface area (Å²) in [5.74, 6) is -19.0. The van der Waals surface area contributed by atoms with E-state index in [4.69, 9.17) is 22.3 Å². The van der Waals surface area contributed by atoms with Crippen molar-refractivity contribution in [1.29, 1.82) is 0 Å². The summed E-state index contributed by atoms with van der Waals surface area (Å²) in [6.07, 6.45) is -6.02. The maximum absolute atomic E-state index is 13.3. The molecule has 30 nitrogen and oxygen atoms in total. The number of aliphatic carboxylic acids is 4. The third kappa shape index (κ3) is 23.4. The summed E-state index contributed by atoms with van der Waals surface area (Å²) < 4.78 is 0. The zero-order valence-corrected chi connectivity index (χ0v) is 33.8. The monoisotopic (exact) mass is 923 g/mol. The highest BCUT2D eigenvalue weighted by molar-refractivity contribution is 7.80. The maximum atomic E-state index is 13.3. The predicted molar refractivity (Wildman–Crippen MR) is 208 cm³/mol. The number of hydrogen-bond acceptors (Lipinski definition) is 17. The molecule has 0 radical (unpaired) electrons. The Bertz CT molecular complexity index is 1770. The lowest BCUT2D eigenvalue weighted by Crippen LogP contribution is -2.61. The van der Waals surface area contributed by atoms with Crippen molar-refractivity contribution in [1.82, 2.24) is 42.5 Å². The second-order valence-electron chi connectivity index (χ2n) is 13.0. The molecule has 0 aliphatic rings. The van der Waals surface area contributed by atoms with Crippen LogP contribution in [0, 0.1) is 0 Å². The first kappa shape index (κ1) is 55.8. The van der Waals surface area contributed by atoms with Gasteiger partial charge in [0.05, 0.1) is 38.5 Å². The van der Waals surface area contributed by atoms with Crippen molar-refractivity contribution in [3.63, 3.8) is 0 Å². The van der Waals surface area contributed by atoms with Gasteiger partial charge < -0.3 is 85.3 Å². The molecule has 7 atom stereocenters. The van der Waals surface area contributed by atoms with Gasteiger partial charge in [-0.2, -0.15) is 12.6 Å². The summed E-state index contributed by atoms with van der Waals surface area (Å²) in [4.78, 5) is 171. The Morgan fingerprint density at radius 3 is 1.27 bits per heavy atom. The minimum atomic E-state index is -2.18. The minimum absolute atomic E-state index is 0.109. The Morgan fingerprint density at radius 1 is 0.444 bits per heavy atom. The van der Waals surface area contributed by atoms with Crippen molar-refractivity contribution >= 4 is 95.6 Å². The fourth-order valence-electron chi connectivity index (χ4n) is 4.74. The molecule has 0 aromatic heterocycles. The molecule has 0 aromatic carbocycles. The van der Waals surface area contributed by atoms with Gasteiger partial charge in [-0.15, -0.1) is 0 Å². The molecular formula is C32H49N11O19S. The van der Waals surface area contributed by atoms with E-state index in [1.807, 2.05) is 31.9 Å². The lowest BCUT2D eigenvalue weighted by atomic mass is 10.1. The Hall–Kier alpha value is -7.15. The lowest BCUT2D eigenvalue weighted by molar-refractivity contribution is -0.142. The van der Waals surface area contributed by atoms with Gasteiger partial charge in [0.25, 0.3) is 0 Å². The number of nitrogens with two attached hydrogens (primary N) is 3. The Balaban J connectivity index is 6.28. The molecule has 63 heavy (non-hydrogen) atoms. The summed E-state index contributed by atoms with van der Waals surface area (Å²) in [6.45, 7) is -3.05. The van der Waals surface area contributed by atoms with E-state index in [1.165, 1.54) is 0 Å². The topological polar surface area (TPSA) is 514 Å². The van der Waals surface area contributed by atoms with Crippen molar-refractivity contribution < 1.29 is 92.7 Å². The molecule has 0 aliphatic heterocycles. The number of carboxylic acid groups (broad SMARTS) is 4.